The summed E-state index contributed by atoms with van der Waals surface area (Å²) in [4.78, 5) is 11.9. The first-order valence-electron chi connectivity index (χ1n) is 5.59. The third kappa shape index (κ3) is 2.32. The summed E-state index contributed by atoms with van der Waals surface area (Å²) in [6.45, 7) is 4.72. The third-order valence-corrected chi connectivity index (χ3v) is 2.84. The van der Waals surface area contributed by atoms with Crippen LogP contribution in [0.4, 0.5) is 0 Å². The molecule has 2 rings (SSSR count). The third-order valence-electron chi connectivity index (χ3n) is 2.84. The summed E-state index contributed by atoms with van der Waals surface area (Å²) in [7, 11) is 0. The van der Waals surface area contributed by atoms with Crippen molar-refractivity contribution in [2.45, 2.75) is 26.7 Å². The first kappa shape index (κ1) is 10.9. The topological polar surface area (TPSA) is 26.3 Å². The number of hydrogen-bond donors (Lipinski definition) is 0. The summed E-state index contributed by atoms with van der Waals surface area (Å²) < 4.78 is 5.27. The monoisotopic (exact) mass is 216 g/mol. The van der Waals surface area contributed by atoms with Gasteiger partial charge in [0.05, 0.1) is 6.61 Å². The average molecular weight is 216 g/mol. The predicted octanol–water partition coefficient (Wildman–Crippen LogP) is 2.72. The molecule has 0 saturated heterocycles. The molecular weight excluding hydrogens is 200 g/mol. The van der Waals surface area contributed by atoms with Crippen LogP contribution in [0.3, 0.4) is 0 Å². The van der Waals surface area contributed by atoms with Crippen LogP contribution in [0.5, 0.6) is 0 Å². The summed E-state index contributed by atoms with van der Waals surface area (Å²) in [6.07, 6.45) is 3.18. The van der Waals surface area contributed by atoms with Crippen LogP contribution in [0.1, 0.15) is 23.1 Å². The number of rotatable bonds is 3. The summed E-state index contributed by atoms with van der Waals surface area (Å²) in [5, 5.41) is 0. The normalized spacial score (nSPS) is 14.5. The number of ether oxygens (including phenoxy) is 1. The Morgan fingerprint density at radius 2 is 2.19 bits per heavy atom. The molecule has 0 spiro atoms. The second-order valence-electron chi connectivity index (χ2n) is 4.24. The molecule has 0 N–H and O–H groups in total. The Morgan fingerprint density at radius 3 is 2.88 bits per heavy atom. The van der Waals surface area contributed by atoms with Gasteiger partial charge in [0, 0.05) is 12.8 Å². The van der Waals surface area contributed by atoms with Gasteiger partial charge in [0.2, 0.25) is 5.78 Å². The van der Waals surface area contributed by atoms with Crippen LogP contribution in [0.15, 0.2) is 30.0 Å². The highest BCUT2D eigenvalue weighted by Crippen LogP contribution is 2.16. The number of aryl methyl sites for hydroxylation is 2. The van der Waals surface area contributed by atoms with Crippen molar-refractivity contribution < 1.29 is 9.53 Å². The van der Waals surface area contributed by atoms with E-state index in [1.807, 2.05) is 19.9 Å². The van der Waals surface area contributed by atoms with E-state index in [9.17, 15) is 4.79 Å². The molecule has 16 heavy (non-hydrogen) atoms. The van der Waals surface area contributed by atoms with Crippen molar-refractivity contribution in [2.24, 2.45) is 0 Å². The highest BCUT2D eigenvalue weighted by molar-refractivity contribution is 5.95. The SMILES string of the molecule is Cc1ccc(C)c(CC(=O)C2=CCCO2)c1. The fourth-order valence-electron chi connectivity index (χ4n) is 1.86. The van der Waals surface area contributed by atoms with Gasteiger partial charge in [-0.1, -0.05) is 23.8 Å². The average Bonchev–Trinajstić information content (AvgIpc) is 2.76. The Hall–Kier alpha value is -1.57. The van der Waals surface area contributed by atoms with Gasteiger partial charge in [-0.3, -0.25) is 4.79 Å². The molecule has 0 atom stereocenters. The lowest BCUT2D eigenvalue weighted by atomic mass is 10.0. The minimum Gasteiger partial charge on any atom is -0.490 e. The highest BCUT2D eigenvalue weighted by Gasteiger charge is 2.16. The molecule has 1 aromatic rings. The van der Waals surface area contributed by atoms with Crippen LogP contribution >= 0.6 is 0 Å². The fourth-order valence-corrected chi connectivity index (χ4v) is 1.86. The van der Waals surface area contributed by atoms with E-state index in [0.29, 0.717) is 18.8 Å². The highest BCUT2D eigenvalue weighted by atomic mass is 16.5. The van der Waals surface area contributed by atoms with Gasteiger partial charge in [0.25, 0.3) is 0 Å². The second kappa shape index (κ2) is 4.52. The van der Waals surface area contributed by atoms with Crippen LogP contribution in [0, 0.1) is 13.8 Å². The van der Waals surface area contributed by atoms with E-state index in [4.69, 9.17) is 4.74 Å². The van der Waals surface area contributed by atoms with Crippen LogP contribution in [0.2, 0.25) is 0 Å². The van der Waals surface area contributed by atoms with Gasteiger partial charge in [0.15, 0.2) is 5.76 Å². The molecule has 0 fully saturated rings. The number of ketones is 1. The maximum absolute atomic E-state index is 11.9. The van der Waals surface area contributed by atoms with Crippen molar-refractivity contribution >= 4 is 5.78 Å². The Labute approximate surface area is 95.9 Å². The summed E-state index contributed by atoms with van der Waals surface area (Å²) >= 11 is 0. The molecule has 0 amide bonds. The number of carbonyl (C=O) groups excluding carboxylic acids is 1. The molecule has 1 heterocycles. The molecule has 0 unspecified atom stereocenters. The molecule has 0 bridgehead atoms. The van der Waals surface area contributed by atoms with Gasteiger partial charge in [0.1, 0.15) is 0 Å². The van der Waals surface area contributed by atoms with E-state index in [-0.39, 0.29) is 5.78 Å². The molecule has 0 aromatic heterocycles. The maximum Gasteiger partial charge on any atom is 0.201 e. The van der Waals surface area contributed by atoms with E-state index in [1.165, 1.54) is 5.56 Å². The van der Waals surface area contributed by atoms with Crippen LogP contribution < -0.4 is 0 Å². The Morgan fingerprint density at radius 1 is 1.38 bits per heavy atom. The molecule has 2 nitrogen and oxygen atoms in total. The molecule has 1 aromatic carbocycles. The second-order valence-corrected chi connectivity index (χ2v) is 4.24. The van der Waals surface area contributed by atoms with E-state index in [1.54, 1.807) is 0 Å². The Kier molecular flexibility index (Phi) is 3.09. The van der Waals surface area contributed by atoms with Gasteiger partial charge in [-0.25, -0.2) is 0 Å². The summed E-state index contributed by atoms with van der Waals surface area (Å²) in [5.74, 6) is 0.632. The predicted molar refractivity (Wildman–Crippen MR) is 63.3 cm³/mol. The quantitative estimate of drug-likeness (QED) is 0.776. The van der Waals surface area contributed by atoms with Crippen molar-refractivity contribution in [3.63, 3.8) is 0 Å². The molecule has 2 heteroatoms. The molecule has 1 aliphatic rings. The Bertz CT molecular complexity index is 444. The van der Waals surface area contributed by atoms with Crippen molar-refractivity contribution in [2.75, 3.05) is 6.61 Å². The van der Waals surface area contributed by atoms with Crippen LogP contribution in [-0.4, -0.2) is 12.4 Å². The van der Waals surface area contributed by atoms with Crippen molar-refractivity contribution in [3.05, 3.63) is 46.7 Å². The lowest BCUT2D eigenvalue weighted by Crippen LogP contribution is -2.08. The van der Waals surface area contributed by atoms with Gasteiger partial charge in [-0.2, -0.15) is 0 Å². The first-order chi connectivity index (χ1) is 7.66. The lowest BCUT2D eigenvalue weighted by Gasteiger charge is -2.07. The minimum absolute atomic E-state index is 0.0891. The zero-order chi connectivity index (χ0) is 11.5. The van der Waals surface area contributed by atoms with Gasteiger partial charge in [-0.15, -0.1) is 0 Å². The van der Waals surface area contributed by atoms with Crippen LogP contribution in [-0.2, 0) is 16.0 Å². The number of Topliss-reactive ketones (excluding diaryl/α,β-unsaturated/α-hetero) is 1. The molecule has 0 radical (unpaired) electrons. The number of benzene rings is 1. The zero-order valence-corrected chi connectivity index (χ0v) is 9.75. The largest absolute Gasteiger partial charge is 0.490 e. The molecule has 0 aliphatic carbocycles. The number of carbonyl (C=O) groups is 1. The van der Waals surface area contributed by atoms with Crippen molar-refractivity contribution in [3.8, 4) is 0 Å². The minimum atomic E-state index is 0.0891. The lowest BCUT2D eigenvalue weighted by molar-refractivity contribution is -0.117. The van der Waals surface area contributed by atoms with E-state index in [0.717, 1.165) is 17.5 Å². The maximum atomic E-state index is 11.9. The zero-order valence-electron chi connectivity index (χ0n) is 9.75. The Balaban J connectivity index is 2.14. The fraction of sp³-hybridized carbons (Fsp3) is 0.357. The van der Waals surface area contributed by atoms with Gasteiger partial charge in [-0.05, 0) is 31.1 Å². The van der Waals surface area contributed by atoms with E-state index in [2.05, 4.69) is 18.2 Å². The number of allylic oxidation sites excluding steroid dienone is 1. The summed E-state index contributed by atoms with van der Waals surface area (Å²) in [6, 6.07) is 6.19. The standard InChI is InChI=1S/C14H16O2/c1-10-5-6-11(2)12(8-10)9-13(15)14-4-3-7-16-14/h4-6,8H,3,7,9H2,1-2H3. The molecule has 84 valence electrons. The van der Waals surface area contributed by atoms with Crippen molar-refractivity contribution in [1.82, 2.24) is 0 Å². The summed E-state index contributed by atoms with van der Waals surface area (Å²) in [5.41, 5.74) is 3.45. The van der Waals surface area contributed by atoms with Crippen molar-refractivity contribution in [1.29, 1.82) is 0 Å². The molecule has 1 aliphatic heterocycles. The molecule has 0 saturated carbocycles. The number of hydrogen-bond acceptors (Lipinski definition) is 2. The van der Waals surface area contributed by atoms with Gasteiger partial charge >= 0.3 is 0 Å². The first-order valence-corrected chi connectivity index (χ1v) is 5.59. The molecular formula is C14H16O2. The van der Waals surface area contributed by atoms with E-state index >= 15 is 0 Å². The van der Waals surface area contributed by atoms with Crippen LogP contribution in [0.25, 0.3) is 0 Å². The van der Waals surface area contributed by atoms with E-state index < -0.39 is 0 Å². The van der Waals surface area contributed by atoms with Gasteiger partial charge < -0.3 is 4.74 Å². The smallest absolute Gasteiger partial charge is 0.201 e.